The molecule has 100 valence electrons. The zero-order chi connectivity index (χ0) is 13.1. The minimum Gasteiger partial charge on any atom is -0.384 e. The number of ether oxygens (including phenoxy) is 1. The fourth-order valence-electron chi connectivity index (χ4n) is 2.23. The van der Waals surface area contributed by atoms with Crippen molar-refractivity contribution in [3.05, 3.63) is 10.6 Å². The summed E-state index contributed by atoms with van der Waals surface area (Å²) in [6, 6.07) is 0. The average Bonchev–Trinajstić information content (AvgIpc) is 2.95. The number of carbonyl (C=O) groups is 1. The molecule has 1 amide bonds. The maximum absolute atomic E-state index is 12.4. The Balaban J connectivity index is 2.05. The van der Waals surface area contributed by atoms with E-state index in [9.17, 15) is 4.79 Å². The molecule has 5 nitrogen and oxygen atoms in total. The van der Waals surface area contributed by atoms with Crippen molar-refractivity contribution in [2.24, 2.45) is 5.92 Å². The van der Waals surface area contributed by atoms with E-state index in [0.29, 0.717) is 5.92 Å². The number of aryl methyl sites for hydroxylation is 1. The first kappa shape index (κ1) is 13.3. The van der Waals surface area contributed by atoms with Crippen LogP contribution in [0.2, 0.25) is 0 Å². The average molecular weight is 269 g/mol. The Morgan fingerprint density at radius 2 is 2.44 bits per heavy atom. The Labute approximate surface area is 111 Å². The van der Waals surface area contributed by atoms with E-state index < -0.39 is 0 Å². The standard InChI is InChI=1S/C12H19N3O2S/c1-8-10(18-12(13-2)14-8)11(16)15-5-4-9(6-15)7-17-3/h9H,4-7H2,1-3H3,(H,13,14). The van der Waals surface area contributed by atoms with Crippen LogP contribution in [0.5, 0.6) is 0 Å². The third-order valence-corrected chi connectivity index (χ3v) is 4.34. The molecule has 1 aliphatic heterocycles. The Morgan fingerprint density at radius 1 is 1.67 bits per heavy atom. The monoisotopic (exact) mass is 269 g/mol. The zero-order valence-corrected chi connectivity index (χ0v) is 11.8. The molecule has 0 spiro atoms. The van der Waals surface area contributed by atoms with Crippen LogP contribution in [0.4, 0.5) is 5.13 Å². The molecule has 2 rings (SSSR count). The molecule has 1 N–H and O–H groups in total. The van der Waals surface area contributed by atoms with Crippen molar-refractivity contribution in [3.63, 3.8) is 0 Å². The molecule has 1 aromatic heterocycles. The van der Waals surface area contributed by atoms with Crippen LogP contribution < -0.4 is 5.32 Å². The van der Waals surface area contributed by atoms with Crippen LogP contribution in [0.3, 0.4) is 0 Å². The summed E-state index contributed by atoms with van der Waals surface area (Å²) >= 11 is 1.42. The number of anilines is 1. The molecule has 2 heterocycles. The minimum absolute atomic E-state index is 0.102. The lowest BCUT2D eigenvalue weighted by atomic mass is 10.1. The summed E-state index contributed by atoms with van der Waals surface area (Å²) in [4.78, 5) is 19.3. The van der Waals surface area contributed by atoms with E-state index in [2.05, 4.69) is 10.3 Å². The number of nitrogens with one attached hydrogen (secondary N) is 1. The highest BCUT2D eigenvalue weighted by Gasteiger charge is 2.29. The smallest absolute Gasteiger partial charge is 0.265 e. The van der Waals surface area contributed by atoms with Gasteiger partial charge in [0.2, 0.25) is 0 Å². The molecule has 0 aliphatic carbocycles. The van der Waals surface area contributed by atoms with Crippen LogP contribution in [0, 0.1) is 12.8 Å². The summed E-state index contributed by atoms with van der Waals surface area (Å²) in [6.07, 6.45) is 1.02. The molecule has 1 fully saturated rings. The number of hydrogen-bond acceptors (Lipinski definition) is 5. The Kier molecular flexibility index (Phi) is 4.19. The number of amides is 1. The molecule has 18 heavy (non-hydrogen) atoms. The first-order chi connectivity index (χ1) is 8.65. The van der Waals surface area contributed by atoms with Gasteiger partial charge in [0.25, 0.3) is 5.91 Å². The van der Waals surface area contributed by atoms with Gasteiger partial charge in [-0.1, -0.05) is 11.3 Å². The molecule has 0 saturated carbocycles. The van der Waals surface area contributed by atoms with E-state index in [0.717, 1.165) is 41.8 Å². The lowest BCUT2D eigenvalue weighted by Crippen LogP contribution is -2.29. The number of carbonyl (C=O) groups excluding carboxylic acids is 1. The second-order valence-corrected chi connectivity index (χ2v) is 5.54. The first-order valence-corrected chi connectivity index (χ1v) is 6.90. The topological polar surface area (TPSA) is 54.5 Å². The highest BCUT2D eigenvalue weighted by Crippen LogP contribution is 2.26. The van der Waals surface area contributed by atoms with Gasteiger partial charge in [-0.15, -0.1) is 0 Å². The second kappa shape index (κ2) is 5.67. The van der Waals surface area contributed by atoms with Gasteiger partial charge in [0.05, 0.1) is 12.3 Å². The zero-order valence-electron chi connectivity index (χ0n) is 11.0. The molecule has 0 bridgehead atoms. The molecule has 1 aliphatic rings. The van der Waals surface area contributed by atoms with E-state index >= 15 is 0 Å². The van der Waals surface area contributed by atoms with Crippen molar-refractivity contribution in [1.82, 2.24) is 9.88 Å². The van der Waals surface area contributed by atoms with Crippen LogP contribution in [0.15, 0.2) is 0 Å². The van der Waals surface area contributed by atoms with Crippen molar-refractivity contribution in [2.75, 3.05) is 39.2 Å². The van der Waals surface area contributed by atoms with Crippen molar-refractivity contribution in [2.45, 2.75) is 13.3 Å². The fourth-order valence-corrected chi connectivity index (χ4v) is 3.12. The highest BCUT2D eigenvalue weighted by atomic mass is 32.1. The number of rotatable bonds is 4. The van der Waals surface area contributed by atoms with Gasteiger partial charge in [0.15, 0.2) is 5.13 Å². The van der Waals surface area contributed by atoms with Gasteiger partial charge in [0.1, 0.15) is 4.88 Å². The van der Waals surface area contributed by atoms with E-state index in [1.54, 1.807) is 7.11 Å². The van der Waals surface area contributed by atoms with E-state index in [1.807, 2.05) is 18.9 Å². The number of methoxy groups -OCH3 is 1. The molecule has 6 heteroatoms. The molecule has 1 atom stereocenters. The van der Waals surface area contributed by atoms with Gasteiger partial charge in [-0.2, -0.15) is 0 Å². The summed E-state index contributed by atoms with van der Waals surface area (Å²) < 4.78 is 5.15. The first-order valence-electron chi connectivity index (χ1n) is 6.09. The second-order valence-electron chi connectivity index (χ2n) is 4.54. The third kappa shape index (κ3) is 2.64. The summed E-state index contributed by atoms with van der Waals surface area (Å²) in [5.74, 6) is 0.570. The summed E-state index contributed by atoms with van der Waals surface area (Å²) in [6.45, 7) is 4.22. The third-order valence-electron chi connectivity index (χ3n) is 3.18. The Morgan fingerprint density at radius 3 is 3.06 bits per heavy atom. The van der Waals surface area contributed by atoms with Gasteiger partial charge >= 0.3 is 0 Å². The molecular weight excluding hydrogens is 250 g/mol. The predicted molar refractivity (Wildman–Crippen MR) is 72.3 cm³/mol. The summed E-state index contributed by atoms with van der Waals surface area (Å²) in [7, 11) is 3.52. The van der Waals surface area contributed by atoms with Crippen LogP contribution >= 0.6 is 11.3 Å². The van der Waals surface area contributed by atoms with Crippen molar-refractivity contribution >= 4 is 22.4 Å². The van der Waals surface area contributed by atoms with Crippen LogP contribution in [0.1, 0.15) is 21.8 Å². The van der Waals surface area contributed by atoms with Gasteiger partial charge in [-0.25, -0.2) is 4.98 Å². The van der Waals surface area contributed by atoms with Crippen molar-refractivity contribution < 1.29 is 9.53 Å². The largest absolute Gasteiger partial charge is 0.384 e. The molecular formula is C12H19N3O2S. The van der Waals surface area contributed by atoms with Crippen molar-refractivity contribution in [1.29, 1.82) is 0 Å². The van der Waals surface area contributed by atoms with E-state index in [-0.39, 0.29) is 5.91 Å². The number of nitrogens with zero attached hydrogens (tertiary/aromatic N) is 2. The Bertz CT molecular complexity index is 433. The molecule has 1 saturated heterocycles. The van der Waals surface area contributed by atoms with Crippen molar-refractivity contribution in [3.8, 4) is 0 Å². The van der Waals surface area contributed by atoms with Gasteiger partial charge in [-0.05, 0) is 13.3 Å². The van der Waals surface area contributed by atoms with Crippen LogP contribution in [-0.2, 0) is 4.74 Å². The normalized spacial score (nSPS) is 19.3. The highest BCUT2D eigenvalue weighted by molar-refractivity contribution is 7.17. The number of likely N-dealkylation sites (tertiary alicyclic amines) is 1. The SMILES string of the molecule is CNc1nc(C)c(C(=O)N2CCC(COC)C2)s1. The van der Waals surface area contributed by atoms with Gasteiger partial charge < -0.3 is 15.0 Å². The maximum atomic E-state index is 12.4. The number of thiazole rings is 1. The quantitative estimate of drug-likeness (QED) is 0.902. The van der Waals surface area contributed by atoms with E-state index in [4.69, 9.17) is 4.74 Å². The fraction of sp³-hybridized carbons (Fsp3) is 0.667. The maximum Gasteiger partial charge on any atom is 0.265 e. The number of aromatic nitrogens is 1. The van der Waals surface area contributed by atoms with E-state index in [1.165, 1.54) is 11.3 Å². The van der Waals surface area contributed by atoms with Crippen LogP contribution in [0.25, 0.3) is 0 Å². The molecule has 0 radical (unpaired) electrons. The van der Waals surface area contributed by atoms with Gasteiger partial charge in [0, 0.05) is 33.2 Å². The molecule has 1 aromatic rings. The van der Waals surface area contributed by atoms with Gasteiger partial charge in [-0.3, -0.25) is 4.79 Å². The minimum atomic E-state index is 0.102. The molecule has 1 unspecified atom stereocenters. The predicted octanol–water partition coefficient (Wildman–Crippen LogP) is 1.60. The lowest BCUT2D eigenvalue weighted by molar-refractivity contribution is 0.0779. The molecule has 0 aromatic carbocycles. The lowest BCUT2D eigenvalue weighted by Gasteiger charge is -2.15. The Hall–Kier alpha value is -1.14. The van der Waals surface area contributed by atoms with Crippen LogP contribution in [-0.4, -0.2) is 49.6 Å². The summed E-state index contributed by atoms with van der Waals surface area (Å²) in [5, 5.41) is 3.77. The summed E-state index contributed by atoms with van der Waals surface area (Å²) in [5.41, 5.74) is 0.810. The number of hydrogen-bond donors (Lipinski definition) is 1.